The summed E-state index contributed by atoms with van der Waals surface area (Å²) >= 11 is 0. The molecule has 1 rings (SSSR count). The van der Waals surface area contributed by atoms with Gasteiger partial charge in [0, 0.05) is 32.7 Å². The van der Waals surface area contributed by atoms with Gasteiger partial charge in [-0.15, -0.1) is 0 Å². The highest BCUT2D eigenvalue weighted by Gasteiger charge is 2.25. The first-order valence-electron chi connectivity index (χ1n) is 4.13. The predicted molar refractivity (Wildman–Crippen MR) is 53.1 cm³/mol. The van der Waals surface area contributed by atoms with Crippen LogP contribution >= 0.6 is 0 Å². The van der Waals surface area contributed by atoms with Crippen LogP contribution in [0, 0.1) is 0 Å². The summed E-state index contributed by atoms with van der Waals surface area (Å²) in [5.74, 6) is 0. The molecule has 0 N–H and O–H groups in total. The number of aromatic nitrogens is 2. The van der Waals surface area contributed by atoms with E-state index in [4.69, 9.17) is 0 Å². The molecule has 0 aromatic carbocycles. The van der Waals surface area contributed by atoms with Crippen LogP contribution in [0.5, 0.6) is 0 Å². The van der Waals surface area contributed by atoms with E-state index in [0.29, 0.717) is 5.69 Å². The molecule has 0 radical (unpaired) electrons. The number of rotatable bonds is 3. The van der Waals surface area contributed by atoms with Gasteiger partial charge in [0.15, 0.2) is 0 Å². The van der Waals surface area contributed by atoms with E-state index in [-0.39, 0.29) is 0 Å². The second-order valence-corrected chi connectivity index (χ2v) is 5.57. The van der Waals surface area contributed by atoms with E-state index in [2.05, 4.69) is 9.97 Å². The van der Waals surface area contributed by atoms with Gasteiger partial charge in [-0.2, -0.15) is 0 Å². The van der Waals surface area contributed by atoms with Crippen molar-refractivity contribution in [2.45, 2.75) is 12.2 Å². The molecule has 1 aromatic heterocycles. The Morgan fingerprint density at radius 2 is 2.00 bits per heavy atom. The molecule has 6 heteroatoms. The highest BCUT2D eigenvalue weighted by Crippen LogP contribution is 2.20. The molecule has 1 unspecified atom stereocenters. The second-order valence-electron chi connectivity index (χ2n) is 3.10. The summed E-state index contributed by atoms with van der Waals surface area (Å²) in [4.78, 5) is 7.79. The SMILES string of the molecule is CC(c1cnccn1)S(=O)(=O)N(C)C. The number of hydrogen-bond donors (Lipinski definition) is 0. The zero-order valence-electron chi connectivity index (χ0n) is 8.38. The maximum absolute atomic E-state index is 11.7. The van der Waals surface area contributed by atoms with Crippen LogP contribution in [0.2, 0.25) is 0 Å². The van der Waals surface area contributed by atoms with Crippen LogP contribution in [-0.4, -0.2) is 36.8 Å². The Balaban J connectivity index is 3.03. The number of nitrogens with zero attached hydrogens (tertiary/aromatic N) is 3. The molecule has 0 amide bonds. The average molecular weight is 215 g/mol. The monoisotopic (exact) mass is 215 g/mol. The van der Waals surface area contributed by atoms with Crippen LogP contribution in [-0.2, 0) is 10.0 Å². The highest BCUT2D eigenvalue weighted by molar-refractivity contribution is 7.89. The zero-order valence-corrected chi connectivity index (χ0v) is 9.19. The Labute approximate surface area is 83.9 Å². The molecule has 0 bridgehead atoms. The Bertz CT molecular complexity index is 388. The minimum absolute atomic E-state index is 0.459. The molecular formula is C8H13N3O2S. The maximum atomic E-state index is 11.7. The zero-order chi connectivity index (χ0) is 10.8. The number of hydrogen-bond acceptors (Lipinski definition) is 4. The lowest BCUT2D eigenvalue weighted by atomic mass is 10.3. The highest BCUT2D eigenvalue weighted by atomic mass is 32.2. The largest absolute Gasteiger partial charge is 0.261 e. The summed E-state index contributed by atoms with van der Waals surface area (Å²) in [7, 11) is -0.295. The van der Waals surface area contributed by atoms with Gasteiger partial charge >= 0.3 is 0 Å². The molecular weight excluding hydrogens is 202 g/mol. The first-order chi connectivity index (χ1) is 6.46. The molecule has 5 nitrogen and oxygen atoms in total. The minimum Gasteiger partial charge on any atom is -0.261 e. The van der Waals surface area contributed by atoms with Crippen LogP contribution in [0.4, 0.5) is 0 Å². The Hall–Kier alpha value is -1.01. The fourth-order valence-electron chi connectivity index (χ4n) is 0.989. The fourth-order valence-corrected chi connectivity index (χ4v) is 2.05. The van der Waals surface area contributed by atoms with Gasteiger partial charge in [-0.1, -0.05) is 0 Å². The molecule has 1 aromatic rings. The molecule has 0 fully saturated rings. The lowest BCUT2D eigenvalue weighted by Crippen LogP contribution is -2.27. The summed E-state index contributed by atoms with van der Waals surface area (Å²) in [6.45, 7) is 1.60. The Morgan fingerprint density at radius 1 is 1.36 bits per heavy atom. The van der Waals surface area contributed by atoms with Crippen molar-refractivity contribution in [3.05, 3.63) is 24.3 Å². The molecule has 0 aliphatic heterocycles. The normalized spacial score (nSPS) is 14.3. The van der Waals surface area contributed by atoms with E-state index in [9.17, 15) is 8.42 Å². The van der Waals surface area contributed by atoms with E-state index in [0.717, 1.165) is 0 Å². The van der Waals surface area contributed by atoms with Crippen molar-refractivity contribution in [3.8, 4) is 0 Å². The van der Waals surface area contributed by atoms with Crippen LogP contribution in [0.1, 0.15) is 17.9 Å². The van der Waals surface area contributed by atoms with Crippen LogP contribution in [0.15, 0.2) is 18.6 Å². The fraction of sp³-hybridized carbons (Fsp3) is 0.500. The van der Waals surface area contributed by atoms with Crippen molar-refractivity contribution in [1.82, 2.24) is 14.3 Å². The lowest BCUT2D eigenvalue weighted by Gasteiger charge is -2.16. The maximum Gasteiger partial charge on any atom is 0.222 e. The first-order valence-corrected chi connectivity index (χ1v) is 5.64. The summed E-state index contributed by atoms with van der Waals surface area (Å²) in [6.07, 6.45) is 4.46. The van der Waals surface area contributed by atoms with Crippen molar-refractivity contribution in [2.24, 2.45) is 0 Å². The van der Waals surface area contributed by atoms with E-state index < -0.39 is 15.3 Å². The molecule has 14 heavy (non-hydrogen) atoms. The molecule has 0 aliphatic carbocycles. The predicted octanol–water partition coefficient (Wildman–Crippen LogP) is 0.429. The van der Waals surface area contributed by atoms with Gasteiger partial charge in [0.05, 0.1) is 5.69 Å². The average Bonchev–Trinajstić information content (AvgIpc) is 2.17. The van der Waals surface area contributed by atoms with Crippen molar-refractivity contribution in [2.75, 3.05) is 14.1 Å². The Morgan fingerprint density at radius 3 is 2.43 bits per heavy atom. The van der Waals surface area contributed by atoms with Gasteiger partial charge in [-0.25, -0.2) is 12.7 Å². The van der Waals surface area contributed by atoms with Gasteiger partial charge in [-0.3, -0.25) is 9.97 Å². The van der Waals surface area contributed by atoms with E-state index >= 15 is 0 Å². The van der Waals surface area contributed by atoms with Gasteiger partial charge < -0.3 is 0 Å². The minimum atomic E-state index is -3.30. The number of sulfonamides is 1. The quantitative estimate of drug-likeness (QED) is 0.733. The molecule has 1 heterocycles. The Kier molecular flexibility index (Phi) is 3.17. The van der Waals surface area contributed by atoms with Crippen LogP contribution < -0.4 is 0 Å². The van der Waals surface area contributed by atoms with Gasteiger partial charge in [0.25, 0.3) is 0 Å². The lowest BCUT2D eigenvalue weighted by molar-refractivity contribution is 0.509. The smallest absolute Gasteiger partial charge is 0.222 e. The molecule has 0 aliphatic rings. The molecule has 0 saturated carbocycles. The summed E-state index contributed by atoms with van der Waals surface area (Å²) in [5, 5.41) is -0.661. The molecule has 0 saturated heterocycles. The van der Waals surface area contributed by atoms with Gasteiger partial charge in [0.2, 0.25) is 10.0 Å². The summed E-state index contributed by atoms with van der Waals surface area (Å²) < 4.78 is 24.6. The van der Waals surface area contributed by atoms with Crippen molar-refractivity contribution >= 4 is 10.0 Å². The summed E-state index contributed by atoms with van der Waals surface area (Å²) in [5.41, 5.74) is 0.459. The summed E-state index contributed by atoms with van der Waals surface area (Å²) in [6, 6.07) is 0. The third-order valence-electron chi connectivity index (χ3n) is 1.96. The second kappa shape index (κ2) is 4.02. The van der Waals surface area contributed by atoms with Crippen molar-refractivity contribution < 1.29 is 8.42 Å². The van der Waals surface area contributed by atoms with Crippen molar-refractivity contribution in [1.29, 1.82) is 0 Å². The van der Waals surface area contributed by atoms with Crippen LogP contribution in [0.25, 0.3) is 0 Å². The first kappa shape index (κ1) is 11.1. The standard InChI is InChI=1S/C8H13N3O2S/c1-7(14(12,13)11(2)3)8-6-9-4-5-10-8/h4-7H,1-3H3. The van der Waals surface area contributed by atoms with E-state index in [1.54, 1.807) is 6.92 Å². The third kappa shape index (κ3) is 2.08. The topological polar surface area (TPSA) is 63.2 Å². The van der Waals surface area contributed by atoms with Gasteiger partial charge in [-0.05, 0) is 6.92 Å². The van der Waals surface area contributed by atoms with Crippen LogP contribution in [0.3, 0.4) is 0 Å². The molecule has 78 valence electrons. The van der Waals surface area contributed by atoms with E-state index in [1.165, 1.54) is 37.0 Å². The van der Waals surface area contributed by atoms with Crippen molar-refractivity contribution in [3.63, 3.8) is 0 Å². The molecule has 1 atom stereocenters. The van der Waals surface area contributed by atoms with E-state index in [1.807, 2.05) is 0 Å². The van der Waals surface area contributed by atoms with Gasteiger partial charge in [0.1, 0.15) is 5.25 Å². The molecule has 0 spiro atoms. The third-order valence-corrected chi connectivity index (χ3v) is 4.11.